The van der Waals surface area contributed by atoms with Crippen molar-refractivity contribution in [3.05, 3.63) is 51.3 Å². The molecule has 3 nitrogen and oxygen atoms in total. The highest BCUT2D eigenvalue weighted by Gasteiger charge is 1.99. The molecule has 1 heterocycles. The summed E-state index contributed by atoms with van der Waals surface area (Å²) in [5.41, 5.74) is 0.646. The Bertz CT molecular complexity index is 607. The lowest BCUT2D eigenvalue weighted by Crippen LogP contribution is -2.29. The summed E-state index contributed by atoms with van der Waals surface area (Å²) < 4.78 is 1.44. The third-order valence-corrected chi connectivity index (χ3v) is 2.14. The number of nitrogens with one attached hydrogen (secondary N) is 1. The van der Waals surface area contributed by atoms with Crippen LogP contribution in [0.15, 0.2) is 35.3 Å². The summed E-state index contributed by atoms with van der Waals surface area (Å²) in [6, 6.07) is 7.00. The molecular weight excluding hydrogens is 176 g/mol. The second-order valence-electron chi connectivity index (χ2n) is 3.05. The molecule has 1 aromatic heterocycles. The Morgan fingerprint density at radius 2 is 2.00 bits per heavy atom. The van der Waals surface area contributed by atoms with Crippen LogP contribution in [0.2, 0.25) is 0 Å². The van der Waals surface area contributed by atoms with Gasteiger partial charge in [0.05, 0.1) is 5.69 Å². The molecule has 0 bridgehead atoms. The molecule has 0 fully saturated rings. The van der Waals surface area contributed by atoms with Crippen LogP contribution in [0.25, 0.3) is 18.8 Å². The number of hydrogen-bond donors (Lipinski definition) is 1. The molecule has 1 N–H and O–H groups in total. The number of H-pyrrole nitrogens is 1. The summed E-state index contributed by atoms with van der Waals surface area (Å²) in [6.45, 7) is 7.70. The molecule has 14 heavy (non-hydrogen) atoms. The first kappa shape index (κ1) is 8.56. The predicted octanol–water partition coefficient (Wildman–Crippen LogP) is -0.0138. The largest absolute Gasteiger partial charge is 0.298 e. The summed E-state index contributed by atoms with van der Waals surface area (Å²) in [5.74, 6) is 0. The monoisotopic (exact) mass is 186 g/mol. The van der Waals surface area contributed by atoms with E-state index in [0.29, 0.717) is 0 Å². The molecule has 0 radical (unpaired) electrons. The number of benzene rings is 1. The lowest BCUT2D eigenvalue weighted by molar-refractivity contribution is 0.843. The summed E-state index contributed by atoms with van der Waals surface area (Å²) in [4.78, 5) is 11.4. The Morgan fingerprint density at radius 1 is 1.21 bits per heavy atom. The van der Waals surface area contributed by atoms with Gasteiger partial charge in [0.15, 0.2) is 0 Å². The minimum Gasteiger partial charge on any atom is -0.298 e. The van der Waals surface area contributed by atoms with Crippen LogP contribution in [0.1, 0.15) is 0 Å². The Hall–Kier alpha value is -2.03. The molecule has 0 unspecified atom stereocenters. The van der Waals surface area contributed by atoms with Crippen molar-refractivity contribution in [3.63, 3.8) is 0 Å². The third kappa shape index (κ3) is 1.19. The SMILES string of the molecule is C=c1cccc(-n2[nH]ccc2=O)c1=C. The van der Waals surface area contributed by atoms with Crippen LogP contribution >= 0.6 is 0 Å². The lowest BCUT2D eigenvalue weighted by atomic mass is 10.2. The first-order valence-corrected chi connectivity index (χ1v) is 4.24. The number of aromatic nitrogens is 2. The Kier molecular flexibility index (Phi) is 1.85. The molecule has 0 spiro atoms. The smallest absolute Gasteiger partial charge is 0.271 e. The molecule has 1 aromatic carbocycles. The number of rotatable bonds is 1. The van der Waals surface area contributed by atoms with E-state index in [1.54, 1.807) is 6.20 Å². The van der Waals surface area contributed by atoms with E-state index < -0.39 is 0 Å². The van der Waals surface area contributed by atoms with Gasteiger partial charge in [0.1, 0.15) is 0 Å². The molecule has 0 aliphatic rings. The average molecular weight is 186 g/mol. The minimum absolute atomic E-state index is 0.0968. The normalized spacial score (nSPS) is 10.3. The zero-order valence-electron chi connectivity index (χ0n) is 7.66. The number of nitrogens with zero attached hydrogens (tertiary/aromatic N) is 1. The molecule has 0 saturated carbocycles. The molecule has 70 valence electrons. The maximum absolute atomic E-state index is 11.4. The van der Waals surface area contributed by atoms with Crippen molar-refractivity contribution >= 4 is 13.2 Å². The number of hydrogen-bond acceptors (Lipinski definition) is 1. The molecule has 2 aromatic rings. The predicted molar refractivity (Wildman–Crippen MR) is 56.7 cm³/mol. The fourth-order valence-corrected chi connectivity index (χ4v) is 1.34. The van der Waals surface area contributed by atoms with Gasteiger partial charge in [-0.3, -0.25) is 9.89 Å². The summed E-state index contributed by atoms with van der Waals surface area (Å²) >= 11 is 0. The zero-order chi connectivity index (χ0) is 10.1. The molecule has 0 aliphatic heterocycles. The van der Waals surface area contributed by atoms with Crippen LogP contribution in [0.5, 0.6) is 0 Å². The van der Waals surface area contributed by atoms with E-state index in [1.165, 1.54) is 10.7 Å². The fourth-order valence-electron chi connectivity index (χ4n) is 1.34. The van der Waals surface area contributed by atoms with Crippen molar-refractivity contribution in [1.82, 2.24) is 9.78 Å². The first-order chi connectivity index (χ1) is 6.70. The molecule has 0 amide bonds. The van der Waals surface area contributed by atoms with Gasteiger partial charge < -0.3 is 0 Å². The van der Waals surface area contributed by atoms with Crippen LogP contribution in [0, 0.1) is 0 Å². The lowest BCUT2D eigenvalue weighted by Gasteiger charge is -2.01. The van der Waals surface area contributed by atoms with Crippen LogP contribution in [-0.2, 0) is 0 Å². The van der Waals surface area contributed by atoms with Gasteiger partial charge in [-0.1, -0.05) is 25.3 Å². The van der Waals surface area contributed by atoms with Crippen LogP contribution in [0.3, 0.4) is 0 Å². The van der Waals surface area contributed by atoms with Crippen LogP contribution in [0.4, 0.5) is 0 Å². The van der Waals surface area contributed by atoms with Gasteiger partial charge in [0.2, 0.25) is 0 Å². The molecule has 0 atom stereocenters. The van der Waals surface area contributed by atoms with Crippen molar-refractivity contribution in [2.45, 2.75) is 0 Å². The summed E-state index contributed by atoms with van der Waals surface area (Å²) in [7, 11) is 0. The van der Waals surface area contributed by atoms with Gasteiger partial charge in [-0.15, -0.1) is 0 Å². The van der Waals surface area contributed by atoms with Gasteiger partial charge in [-0.2, -0.15) is 0 Å². The maximum Gasteiger partial charge on any atom is 0.271 e. The fraction of sp³-hybridized carbons (Fsp3) is 0. The van der Waals surface area contributed by atoms with Crippen molar-refractivity contribution in [2.75, 3.05) is 0 Å². The van der Waals surface area contributed by atoms with Crippen LogP contribution in [-0.4, -0.2) is 9.78 Å². The highest BCUT2D eigenvalue weighted by Crippen LogP contribution is 1.91. The molecule has 3 heteroatoms. The second kappa shape index (κ2) is 3.03. The van der Waals surface area contributed by atoms with E-state index in [-0.39, 0.29) is 5.56 Å². The van der Waals surface area contributed by atoms with Crippen molar-refractivity contribution in [1.29, 1.82) is 0 Å². The standard InChI is InChI=1S/C11H10N2O/c1-8-4-3-5-10(9(8)2)13-11(14)6-7-12-13/h3-7,12H,1-2H2. The van der Waals surface area contributed by atoms with Crippen molar-refractivity contribution in [3.8, 4) is 5.69 Å². The van der Waals surface area contributed by atoms with Gasteiger partial charge >= 0.3 is 0 Å². The van der Waals surface area contributed by atoms with Crippen molar-refractivity contribution < 1.29 is 0 Å². The molecule has 2 rings (SSSR count). The maximum atomic E-state index is 11.4. The second-order valence-corrected chi connectivity index (χ2v) is 3.05. The Labute approximate surface area is 80.6 Å². The molecule has 0 saturated heterocycles. The Morgan fingerprint density at radius 3 is 2.64 bits per heavy atom. The number of aromatic amines is 1. The minimum atomic E-state index is -0.0968. The Balaban J connectivity index is 2.83. The van der Waals surface area contributed by atoms with Gasteiger partial charge in [0, 0.05) is 12.3 Å². The first-order valence-electron chi connectivity index (χ1n) is 4.24. The van der Waals surface area contributed by atoms with Crippen molar-refractivity contribution in [2.24, 2.45) is 0 Å². The quantitative estimate of drug-likeness (QED) is 0.668. The highest BCUT2D eigenvalue weighted by atomic mass is 16.1. The highest BCUT2D eigenvalue weighted by molar-refractivity contribution is 5.36. The van der Waals surface area contributed by atoms with E-state index in [2.05, 4.69) is 18.3 Å². The topological polar surface area (TPSA) is 37.8 Å². The summed E-state index contributed by atoms with van der Waals surface area (Å²) in [5, 5.41) is 4.41. The van der Waals surface area contributed by atoms with E-state index in [4.69, 9.17) is 0 Å². The summed E-state index contributed by atoms with van der Waals surface area (Å²) in [6.07, 6.45) is 1.59. The average Bonchev–Trinajstić information content (AvgIpc) is 2.57. The van der Waals surface area contributed by atoms with Gasteiger partial charge in [-0.25, -0.2) is 4.68 Å². The van der Waals surface area contributed by atoms with E-state index in [0.717, 1.165) is 16.1 Å². The van der Waals surface area contributed by atoms with Gasteiger partial charge in [-0.05, 0) is 16.5 Å². The molecule has 0 aliphatic carbocycles. The van der Waals surface area contributed by atoms with Crippen LogP contribution < -0.4 is 16.0 Å². The molecular formula is C11H10N2O. The zero-order valence-corrected chi connectivity index (χ0v) is 7.66. The van der Waals surface area contributed by atoms with E-state index in [9.17, 15) is 4.79 Å². The van der Waals surface area contributed by atoms with E-state index >= 15 is 0 Å². The van der Waals surface area contributed by atoms with Gasteiger partial charge in [0.25, 0.3) is 5.56 Å². The van der Waals surface area contributed by atoms with E-state index in [1.807, 2.05) is 18.2 Å². The third-order valence-electron chi connectivity index (χ3n) is 2.14.